The maximum absolute atomic E-state index is 13.0. The number of amides is 1. The average Bonchev–Trinajstić information content (AvgIpc) is 3.09. The molecule has 1 aromatic carbocycles. The molecular weight excluding hydrogens is 205 g/mol. The lowest BCUT2D eigenvalue weighted by Gasteiger charge is -2.20. The number of nitrogens with zero attached hydrogens (tertiary/aromatic N) is 1. The first-order valence-corrected chi connectivity index (χ1v) is 5.38. The summed E-state index contributed by atoms with van der Waals surface area (Å²) < 4.78 is 13.0. The molecule has 1 saturated carbocycles. The van der Waals surface area contributed by atoms with E-state index in [9.17, 15) is 9.18 Å². The summed E-state index contributed by atoms with van der Waals surface area (Å²) >= 11 is 0. The Morgan fingerprint density at radius 2 is 2.31 bits per heavy atom. The van der Waals surface area contributed by atoms with Crippen LogP contribution < -0.4 is 0 Å². The third-order valence-electron chi connectivity index (χ3n) is 2.69. The molecule has 1 amide bonds. The minimum Gasteiger partial charge on any atom is -0.332 e. The molecule has 16 heavy (non-hydrogen) atoms. The van der Waals surface area contributed by atoms with Crippen molar-refractivity contribution in [3.05, 3.63) is 48.3 Å². The van der Waals surface area contributed by atoms with Crippen molar-refractivity contribution in [1.82, 2.24) is 4.90 Å². The summed E-state index contributed by atoms with van der Waals surface area (Å²) in [5, 5.41) is 0. The van der Waals surface area contributed by atoms with Gasteiger partial charge in [0.1, 0.15) is 5.82 Å². The van der Waals surface area contributed by atoms with E-state index in [1.165, 1.54) is 18.2 Å². The molecule has 1 fully saturated rings. The Kier molecular flexibility index (Phi) is 3.04. The highest BCUT2D eigenvalue weighted by atomic mass is 19.1. The van der Waals surface area contributed by atoms with Gasteiger partial charge in [0, 0.05) is 12.6 Å². The highest BCUT2D eigenvalue weighted by molar-refractivity contribution is 5.87. The van der Waals surface area contributed by atoms with Crippen molar-refractivity contribution >= 4 is 5.91 Å². The van der Waals surface area contributed by atoms with Crippen molar-refractivity contribution < 1.29 is 9.18 Å². The van der Waals surface area contributed by atoms with Gasteiger partial charge in [-0.1, -0.05) is 18.7 Å². The van der Waals surface area contributed by atoms with Crippen LogP contribution in [-0.2, 0) is 11.3 Å². The van der Waals surface area contributed by atoms with E-state index in [1.54, 1.807) is 11.0 Å². The second-order valence-corrected chi connectivity index (χ2v) is 4.03. The zero-order valence-electron chi connectivity index (χ0n) is 9.03. The topological polar surface area (TPSA) is 20.3 Å². The number of hydrogen-bond acceptors (Lipinski definition) is 1. The van der Waals surface area contributed by atoms with Crippen LogP contribution in [-0.4, -0.2) is 16.8 Å². The van der Waals surface area contributed by atoms with Gasteiger partial charge in [0.05, 0.1) is 0 Å². The molecule has 0 bridgehead atoms. The van der Waals surface area contributed by atoms with E-state index in [4.69, 9.17) is 0 Å². The van der Waals surface area contributed by atoms with Crippen LogP contribution in [0.5, 0.6) is 0 Å². The maximum Gasteiger partial charge on any atom is 0.246 e. The summed E-state index contributed by atoms with van der Waals surface area (Å²) in [6, 6.07) is 6.67. The predicted octanol–water partition coefficient (Wildman–Crippen LogP) is 2.50. The molecule has 0 aliphatic heterocycles. The first kappa shape index (κ1) is 10.9. The second-order valence-electron chi connectivity index (χ2n) is 4.03. The van der Waals surface area contributed by atoms with Crippen LogP contribution in [0.1, 0.15) is 18.4 Å². The highest BCUT2D eigenvalue weighted by Crippen LogP contribution is 2.28. The van der Waals surface area contributed by atoms with Crippen molar-refractivity contribution in [2.75, 3.05) is 0 Å². The quantitative estimate of drug-likeness (QED) is 0.712. The van der Waals surface area contributed by atoms with Gasteiger partial charge in [-0.25, -0.2) is 4.39 Å². The number of halogens is 1. The fourth-order valence-corrected chi connectivity index (χ4v) is 1.72. The van der Waals surface area contributed by atoms with Crippen LogP contribution >= 0.6 is 0 Å². The number of carbonyl (C=O) groups is 1. The number of carbonyl (C=O) groups excluding carboxylic acids is 1. The Hall–Kier alpha value is -1.64. The second kappa shape index (κ2) is 4.47. The molecule has 0 unspecified atom stereocenters. The van der Waals surface area contributed by atoms with E-state index >= 15 is 0 Å². The van der Waals surface area contributed by atoms with Crippen molar-refractivity contribution in [1.29, 1.82) is 0 Å². The predicted molar refractivity (Wildman–Crippen MR) is 60.2 cm³/mol. The van der Waals surface area contributed by atoms with Gasteiger partial charge in [0.25, 0.3) is 0 Å². The SMILES string of the molecule is C=CC(=O)N(Cc1cccc(F)c1)C1CC1. The van der Waals surface area contributed by atoms with Gasteiger partial charge < -0.3 is 4.90 Å². The monoisotopic (exact) mass is 219 g/mol. The molecule has 1 aliphatic rings. The van der Waals surface area contributed by atoms with Gasteiger partial charge in [0.2, 0.25) is 5.91 Å². The summed E-state index contributed by atoms with van der Waals surface area (Å²) in [5.41, 5.74) is 0.821. The van der Waals surface area contributed by atoms with Crippen LogP contribution in [0.4, 0.5) is 4.39 Å². The molecule has 0 atom stereocenters. The van der Waals surface area contributed by atoms with Crippen LogP contribution in [0.3, 0.4) is 0 Å². The van der Waals surface area contributed by atoms with Crippen LogP contribution in [0.25, 0.3) is 0 Å². The normalized spacial score (nSPS) is 14.6. The molecule has 2 rings (SSSR count). The fourth-order valence-electron chi connectivity index (χ4n) is 1.72. The lowest BCUT2D eigenvalue weighted by Crippen LogP contribution is -2.30. The van der Waals surface area contributed by atoms with E-state index in [-0.39, 0.29) is 11.7 Å². The van der Waals surface area contributed by atoms with Crippen molar-refractivity contribution in [3.8, 4) is 0 Å². The van der Waals surface area contributed by atoms with Crippen LogP contribution in [0.15, 0.2) is 36.9 Å². The van der Waals surface area contributed by atoms with Crippen molar-refractivity contribution in [3.63, 3.8) is 0 Å². The standard InChI is InChI=1S/C13H14FNO/c1-2-13(16)15(12-6-7-12)9-10-4-3-5-11(14)8-10/h2-5,8,12H,1,6-7,9H2. The number of rotatable bonds is 4. The number of benzene rings is 1. The Balaban J connectivity index is 2.11. The largest absolute Gasteiger partial charge is 0.332 e. The molecule has 0 saturated heterocycles. The van der Waals surface area contributed by atoms with Gasteiger partial charge >= 0.3 is 0 Å². The Morgan fingerprint density at radius 3 is 2.88 bits per heavy atom. The van der Waals surface area contributed by atoms with Gasteiger partial charge in [-0.15, -0.1) is 0 Å². The van der Waals surface area contributed by atoms with E-state index in [2.05, 4.69) is 6.58 Å². The lowest BCUT2D eigenvalue weighted by atomic mass is 10.2. The minimum atomic E-state index is -0.265. The first-order valence-electron chi connectivity index (χ1n) is 5.38. The van der Waals surface area contributed by atoms with E-state index < -0.39 is 0 Å². The van der Waals surface area contributed by atoms with Crippen molar-refractivity contribution in [2.24, 2.45) is 0 Å². The van der Waals surface area contributed by atoms with Gasteiger partial charge in [-0.05, 0) is 36.6 Å². The molecular formula is C13H14FNO. The van der Waals surface area contributed by atoms with Crippen molar-refractivity contribution in [2.45, 2.75) is 25.4 Å². The summed E-state index contributed by atoms with van der Waals surface area (Å²) in [6.07, 6.45) is 3.39. The first-order chi connectivity index (χ1) is 7.70. The molecule has 1 aliphatic carbocycles. The molecule has 1 aromatic rings. The molecule has 0 aromatic heterocycles. The van der Waals surface area contributed by atoms with E-state index in [1.807, 2.05) is 6.07 Å². The fraction of sp³-hybridized carbons (Fsp3) is 0.308. The molecule has 0 radical (unpaired) electrons. The van der Waals surface area contributed by atoms with Crippen LogP contribution in [0, 0.1) is 5.82 Å². The van der Waals surface area contributed by atoms with Crippen LogP contribution in [0.2, 0.25) is 0 Å². The van der Waals surface area contributed by atoms with Gasteiger partial charge in [0.15, 0.2) is 0 Å². The molecule has 0 N–H and O–H groups in total. The summed E-state index contributed by atoms with van der Waals surface area (Å²) in [7, 11) is 0. The smallest absolute Gasteiger partial charge is 0.246 e. The zero-order chi connectivity index (χ0) is 11.5. The molecule has 0 spiro atoms. The minimum absolute atomic E-state index is 0.0771. The highest BCUT2D eigenvalue weighted by Gasteiger charge is 2.31. The summed E-state index contributed by atoms with van der Waals surface area (Å²) in [5.74, 6) is -0.342. The zero-order valence-corrected chi connectivity index (χ0v) is 9.03. The maximum atomic E-state index is 13.0. The lowest BCUT2D eigenvalue weighted by molar-refractivity contribution is -0.127. The number of hydrogen-bond donors (Lipinski definition) is 0. The molecule has 0 heterocycles. The Labute approximate surface area is 94.4 Å². The summed E-state index contributed by atoms with van der Waals surface area (Å²) in [6.45, 7) is 3.95. The summed E-state index contributed by atoms with van der Waals surface area (Å²) in [4.78, 5) is 13.3. The third-order valence-corrected chi connectivity index (χ3v) is 2.69. The van der Waals surface area contributed by atoms with E-state index in [0.717, 1.165) is 18.4 Å². The van der Waals surface area contributed by atoms with E-state index in [0.29, 0.717) is 12.6 Å². The Bertz CT molecular complexity index is 412. The average molecular weight is 219 g/mol. The molecule has 2 nitrogen and oxygen atoms in total. The third kappa shape index (κ3) is 2.48. The van der Waals surface area contributed by atoms with Gasteiger partial charge in [-0.2, -0.15) is 0 Å². The molecule has 3 heteroatoms. The van der Waals surface area contributed by atoms with Gasteiger partial charge in [-0.3, -0.25) is 4.79 Å². The Morgan fingerprint density at radius 1 is 1.56 bits per heavy atom. The molecule has 84 valence electrons.